The van der Waals surface area contributed by atoms with Gasteiger partial charge in [-0.05, 0) is 30.9 Å². The zero-order valence-corrected chi connectivity index (χ0v) is 14.8. The van der Waals surface area contributed by atoms with Gasteiger partial charge in [-0.2, -0.15) is 0 Å². The van der Waals surface area contributed by atoms with Crippen molar-refractivity contribution >= 4 is 5.96 Å². The van der Waals surface area contributed by atoms with Crippen LogP contribution in [0.2, 0.25) is 0 Å². The number of benzene rings is 1. The van der Waals surface area contributed by atoms with Crippen LogP contribution in [0.25, 0.3) is 0 Å². The molecule has 1 aliphatic heterocycles. The van der Waals surface area contributed by atoms with Crippen molar-refractivity contribution in [1.29, 1.82) is 0 Å². The first-order valence-corrected chi connectivity index (χ1v) is 9.15. The van der Waals surface area contributed by atoms with E-state index in [4.69, 9.17) is 9.47 Å². The summed E-state index contributed by atoms with van der Waals surface area (Å²) in [6, 6.07) is 7.26. The predicted octanol–water partition coefficient (Wildman–Crippen LogP) is 2.29. The fourth-order valence-electron chi connectivity index (χ4n) is 3.19. The van der Waals surface area contributed by atoms with Crippen LogP contribution in [-0.4, -0.2) is 52.0 Å². The van der Waals surface area contributed by atoms with Crippen molar-refractivity contribution in [3.8, 4) is 0 Å². The number of guanidine groups is 1. The van der Waals surface area contributed by atoms with Crippen molar-refractivity contribution < 1.29 is 13.9 Å². The summed E-state index contributed by atoms with van der Waals surface area (Å²) in [6.45, 7) is 4.03. The molecular weight excluding hydrogens is 321 g/mol. The summed E-state index contributed by atoms with van der Waals surface area (Å²) in [4.78, 5) is 4.24. The van der Waals surface area contributed by atoms with E-state index >= 15 is 0 Å². The van der Waals surface area contributed by atoms with E-state index in [1.807, 2.05) is 12.1 Å². The number of hydrogen-bond donors (Lipinski definition) is 2. The minimum absolute atomic E-state index is 0.121. The van der Waals surface area contributed by atoms with Crippen LogP contribution < -0.4 is 10.6 Å². The van der Waals surface area contributed by atoms with Gasteiger partial charge in [0.25, 0.3) is 0 Å². The number of aliphatic imine (C=N–C) groups is 1. The standard InChI is InChI=1S/C19H28FN3O2/c1-21-19(22-8-4-9-24-12-14-7-10-25-13-14)23-18-11-16(18)15-5-2-3-6-17(15)20/h2-3,5-6,14,16,18H,4,7-13H2,1H3,(H2,21,22,23). The predicted molar refractivity (Wildman–Crippen MR) is 96.4 cm³/mol. The van der Waals surface area contributed by atoms with E-state index in [-0.39, 0.29) is 17.8 Å². The Morgan fingerprint density at radius 1 is 1.40 bits per heavy atom. The van der Waals surface area contributed by atoms with Crippen LogP contribution in [0.5, 0.6) is 0 Å². The van der Waals surface area contributed by atoms with Crippen molar-refractivity contribution in [3.05, 3.63) is 35.6 Å². The second kappa shape index (κ2) is 9.15. The summed E-state index contributed by atoms with van der Waals surface area (Å²) in [7, 11) is 1.76. The molecule has 1 saturated carbocycles. The molecule has 0 amide bonds. The lowest BCUT2D eigenvalue weighted by Crippen LogP contribution is -2.39. The molecule has 2 aliphatic rings. The van der Waals surface area contributed by atoms with Gasteiger partial charge in [-0.3, -0.25) is 4.99 Å². The number of ether oxygens (including phenoxy) is 2. The first-order chi connectivity index (χ1) is 12.3. The summed E-state index contributed by atoms with van der Waals surface area (Å²) in [5.74, 6) is 1.45. The summed E-state index contributed by atoms with van der Waals surface area (Å²) < 4.78 is 24.8. The molecule has 3 atom stereocenters. The van der Waals surface area contributed by atoms with Crippen LogP contribution in [0, 0.1) is 11.7 Å². The van der Waals surface area contributed by atoms with Gasteiger partial charge in [0.15, 0.2) is 5.96 Å². The first-order valence-electron chi connectivity index (χ1n) is 9.15. The Kier molecular flexibility index (Phi) is 6.64. The molecule has 0 spiro atoms. The van der Waals surface area contributed by atoms with Crippen LogP contribution in [0.1, 0.15) is 30.7 Å². The monoisotopic (exact) mass is 349 g/mol. The smallest absolute Gasteiger partial charge is 0.191 e. The fourth-order valence-corrected chi connectivity index (χ4v) is 3.19. The third-order valence-corrected chi connectivity index (χ3v) is 4.78. The molecule has 0 aromatic heterocycles. The maximum absolute atomic E-state index is 13.8. The number of halogens is 1. The van der Waals surface area contributed by atoms with Gasteiger partial charge >= 0.3 is 0 Å². The van der Waals surface area contributed by atoms with Crippen molar-refractivity contribution in [2.24, 2.45) is 10.9 Å². The molecule has 25 heavy (non-hydrogen) atoms. The molecule has 1 aromatic rings. The average Bonchev–Trinajstić information content (AvgIpc) is 3.18. The second-order valence-corrected chi connectivity index (χ2v) is 6.77. The topological polar surface area (TPSA) is 54.9 Å². The van der Waals surface area contributed by atoms with Crippen LogP contribution in [0.15, 0.2) is 29.3 Å². The highest BCUT2D eigenvalue weighted by molar-refractivity contribution is 5.80. The van der Waals surface area contributed by atoms with Gasteiger partial charge < -0.3 is 20.1 Å². The van der Waals surface area contributed by atoms with Crippen LogP contribution in [0.4, 0.5) is 4.39 Å². The van der Waals surface area contributed by atoms with E-state index in [0.717, 1.165) is 63.8 Å². The number of nitrogens with zero attached hydrogens (tertiary/aromatic N) is 1. The van der Waals surface area contributed by atoms with Gasteiger partial charge in [0, 0.05) is 44.7 Å². The zero-order valence-electron chi connectivity index (χ0n) is 14.8. The minimum atomic E-state index is -0.121. The van der Waals surface area contributed by atoms with Crippen LogP contribution in [0.3, 0.4) is 0 Å². The van der Waals surface area contributed by atoms with Gasteiger partial charge in [-0.1, -0.05) is 18.2 Å². The van der Waals surface area contributed by atoms with E-state index in [2.05, 4.69) is 15.6 Å². The molecule has 1 heterocycles. The SMILES string of the molecule is CN=C(NCCCOCC1CCOC1)NC1CC1c1ccccc1F. The Morgan fingerprint density at radius 2 is 2.28 bits per heavy atom. The van der Waals surface area contributed by atoms with Crippen molar-refractivity contribution in [2.75, 3.05) is 40.0 Å². The average molecular weight is 349 g/mol. The molecule has 3 unspecified atom stereocenters. The molecule has 3 rings (SSSR count). The molecule has 6 heteroatoms. The Bertz CT molecular complexity index is 576. The number of rotatable bonds is 8. The first kappa shape index (κ1) is 18.1. The van der Waals surface area contributed by atoms with Gasteiger partial charge in [0.2, 0.25) is 0 Å². The lowest BCUT2D eigenvalue weighted by atomic mass is 10.1. The number of nitrogens with one attached hydrogen (secondary N) is 2. The maximum atomic E-state index is 13.8. The fraction of sp³-hybridized carbons (Fsp3) is 0.632. The molecular formula is C19H28FN3O2. The van der Waals surface area contributed by atoms with E-state index in [0.29, 0.717) is 5.92 Å². The largest absolute Gasteiger partial charge is 0.381 e. The minimum Gasteiger partial charge on any atom is -0.381 e. The van der Waals surface area contributed by atoms with Crippen molar-refractivity contribution in [3.63, 3.8) is 0 Å². The molecule has 2 fully saturated rings. The highest BCUT2D eigenvalue weighted by Crippen LogP contribution is 2.41. The Hall–Kier alpha value is -1.66. The van der Waals surface area contributed by atoms with E-state index < -0.39 is 0 Å². The lowest BCUT2D eigenvalue weighted by molar-refractivity contribution is 0.0888. The van der Waals surface area contributed by atoms with E-state index in [1.165, 1.54) is 6.07 Å². The van der Waals surface area contributed by atoms with Gasteiger partial charge in [0.05, 0.1) is 13.2 Å². The maximum Gasteiger partial charge on any atom is 0.191 e. The third-order valence-electron chi connectivity index (χ3n) is 4.78. The normalized spacial score (nSPS) is 25.8. The van der Waals surface area contributed by atoms with Crippen LogP contribution in [-0.2, 0) is 9.47 Å². The summed E-state index contributed by atoms with van der Waals surface area (Å²) in [5.41, 5.74) is 0.791. The summed E-state index contributed by atoms with van der Waals surface area (Å²) >= 11 is 0. The molecule has 2 N–H and O–H groups in total. The molecule has 1 aliphatic carbocycles. The Labute approximate surface area is 149 Å². The molecule has 0 radical (unpaired) electrons. The molecule has 1 aromatic carbocycles. The lowest BCUT2D eigenvalue weighted by Gasteiger charge is -2.13. The van der Waals surface area contributed by atoms with Crippen LogP contribution >= 0.6 is 0 Å². The zero-order chi connectivity index (χ0) is 17.5. The van der Waals surface area contributed by atoms with Gasteiger partial charge in [0.1, 0.15) is 5.82 Å². The second-order valence-electron chi connectivity index (χ2n) is 6.77. The molecule has 1 saturated heterocycles. The quantitative estimate of drug-likeness (QED) is 0.430. The molecule has 138 valence electrons. The van der Waals surface area contributed by atoms with Crippen molar-refractivity contribution in [2.45, 2.75) is 31.2 Å². The Balaban J connectivity index is 1.29. The number of hydrogen-bond acceptors (Lipinski definition) is 3. The Morgan fingerprint density at radius 3 is 3.04 bits per heavy atom. The van der Waals surface area contributed by atoms with E-state index in [9.17, 15) is 4.39 Å². The molecule has 5 nitrogen and oxygen atoms in total. The summed E-state index contributed by atoms with van der Waals surface area (Å²) in [6.07, 6.45) is 2.98. The molecule has 0 bridgehead atoms. The highest BCUT2D eigenvalue weighted by Gasteiger charge is 2.40. The highest BCUT2D eigenvalue weighted by atomic mass is 19.1. The third kappa shape index (κ3) is 5.41. The summed E-state index contributed by atoms with van der Waals surface area (Å²) in [5, 5.41) is 6.66. The van der Waals surface area contributed by atoms with Gasteiger partial charge in [-0.25, -0.2) is 4.39 Å². The van der Waals surface area contributed by atoms with E-state index in [1.54, 1.807) is 13.1 Å². The van der Waals surface area contributed by atoms with Gasteiger partial charge in [-0.15, -0.1) is 0 Å². The van der Waals surface area contributed by atoms with Crippen molar-refractivity contribution in [1.82, 2.24) is 10.6 Å².